The van der Waals surface area contributed by atoms with Crippen LogP contribution in [0.25, 0.3) is 0 Å². The molecule has 1 aromatic heterocycles. The number of aliphatic hydroxyl groups is 3. The van der Waals surface area contributed by atoms with Gasteiger partial charge in [0.2, 0.25) is 0 Å². The number of hydrogen-bond donors (Lipinski definition) is 3. The van der Waals surface area contributed by atoms with Crippen molar-refractivity contribution in [1.29, 1.82) is 0 Å². The van der Waals surface area contributed by atoms with Crippen LogP contribution >= 0.6 is 11.8 Å². The van der Waals surface area contributed by atoms with Crippen LogP contribution in [0.4, 0.5) is 0 Å². The Bertz CT molecular complexity index is 812. The zero-order valence-corrected chi connectivity index (χ0v) is 15.7. The van der Waals surface area contributed by atoms with Crippen molar-refractivity contribution in [2.45, 2.75) is 29.8 Å². The molecule has 0 saturated heterocycles. The predicted octanol–water partition coefficient (Wildman–Crippen LogP) is 3.54. The van der Waals surface area contributed by atoms with Gasteiger partial charge >= 0.3 is 0 Å². The molecule has 5 heteroatoms. The van der Waals surface area contributed by atoms with Gasteiger partial charge in [0.25, 0.3) is 0 Å². The van der Waals surface area contributed by atoms with Crippen LogP contribution in [-0.4, -0.2) is 32.2 Å². The molecule has 3 unspecified atom stereocenters. The van der Waals surface area contributed by atoms with Crippen molar-refractivity contribution in [3.63, 3.8) is 0 Å². The first kappa shape index (κ1) is 19.6. The summed E-state index contributed by atoms with van der Waals surface area (Å²) in [7, 11) is 0. The SMILES string of the molecule is OCc1ccc(C(O)C(c2ccccc2)C(O)CSc2ccccn2)cc1. The normalized spacial score (nSPS) is 14.5. The van der Waals surface area contributed by atoms with E-state index in [1.165, 1.54) is 11.8 Å². The van der Waals surface area contributed by atoms with E-state index < -0.39 is 18.1 Å². The highest BCUT2D eigenvalue weighted by Crippen LogP contribution is 2.35. The van der Waals surface area contributed by atoms with Crippen LogP contribution in [0.15, 0.2) is 84.0 Å². The van der Waals surface area contributed by atoms with Crippen molar-refractivity contribution in [2.24, 2.45) is 0 Å². The summed E-state index contributed by atoms with van der Waals surface area (Å²) in [4.78, 5) is 4.27. The first-order valence-corrected chi connectivity index (χ1v) is 9.82. The Balaban J connectivity index is 1.81. The van der Waals surface area contributed by atoms with E-state index in [9.17, 15) is 15.3 Å². The van der Waals surface area contributed by atoms with Crippen molar-refractivity contribution < 1.29 is 15.3 Å². The van der Waals surface area contributed by atoms with Crippen molar-refractivity contribution >= 4 is 11.8 Å². The summed E-state index contributed by atoms with van der Waals surface area (Å²) in [6.07, 6.45) is 0.104. The lowest BCUT2D eigenvalue weighted by molar-refractivity contribution is 0.0642. The van der Waals surface area contributed by atoms with Crippen LogP contribution in [-0.2, 0) is 6.61 Å². The average molecular weight is 381 g/mol. The Kier molecular flexibility index (Phi) is 7.01. The molecule has 0 bridgehead atoms. The van der Waals surface area contributed by atoms with E-state index in [0.29, 0.717) is 11.3 Å². The van der Waals surface area contributed by atoms with Gasteiger partial charge in [0, 0.05) is 17.9 Å². The highest BCUT2D eigenvalue weighted by atomic mass is 32.2. The zero-order valence-electron chi connectivity index (χ0n) is 14.8. The van der Waals surface area contributed by atoms with Crippen molar-refractivity contribution in [3.8, 4) is 0 Å². The van der Waals surface area contributed by atoms with E-state index in [2.05, 4.69) is 4.98 Å². The molecule has 1 heterocycles. The molecular weight excluding hydrogens is 358 g/mol. The minimum Gasteiger partial charge on any atom is -0.392 e. The molecule has 0 amide bonds. The Morgan fingerprint density at radius 2 is 1.52 bits per heavy atom. The van der Waals surface area contributed by atoms with Gasteiger partial charge < -0.3 is 15.3 Å². The fraction of sp³-hybridized carbons (Fsp3) is 0.227. The van der Waals surface area contributed by atoms with E-state index in [1.54, 1.807) is 30.5 Å². The van der Waals surface area contributed by atoms with Gasteiger partial charge in [-0.1, -0.05) is 60.7 Å². The molecule has 0 aliphatic heterocycles. The number of thioether (sulfide) groups is 1. The van der Waals surface area contributed by atoms with Gasteiger partial charge in [-0.25, -0.2) is 4.98 Å². The maximum atomic E-state index is 11.0. The summed E-state index contributed by atoms with van der Waals surface area (Å²) >= 11 is 1.46. The molecule has 140 valence electrons. The maximum absolute atomic E-state index is 11.0. The van der Waals surface area contributed by atoms with Crippen LogP contribution in [0.3, 0.4) is 0 Å². The second-order valence-corrected chi connectivity index (χ2v) is 7.37. The maximum Gasteiger partial charge on any atom is 0.0960 e. The van der Waals surface area contributed by atoms with E-state index in [-0.39, 0.29) is 6.61 Å². The summed E-state index contributed by atoms with van der Waals surface area (Å²) in [5.41, 5.74) is 2.38. The van der Waals surface area contributed by atoms with Crippen LogP contribution in [0, 0.1) is 0 Å². The summed E-state index contributed by atoms with van der Waals surface area (Å²) in [6.45, 7) is -0.0399. The highest BCUT2D eigenvalue weighted by Gasteiger charge is 2.30. The third kappa shape index (κ3) is 5.17. The van der Waals surface area contributed by atoms with Crippen LogP contribution in [0.1, 0.15) is 28.7 Å². The number of nitrogens with zero attached hydrogens (tertiary/aromatic N) is 1. The molecule has 0 fully saturated rings. The molecule has 27 heavy (non-hydrogen) atoms. The molecular formula is C22H23NO3S. The molecule has 0 spiro atoms. The second kappa shape index (κ2) is 9.67. The van der Waals surface area contributed by atoms with Gasteiger partial charge in [0.15, 0.2) is 0 Å². The molecule has 3 atom stereocenters. The minimum atomic E-state index is -0.862. The standard InChI is InChI=1S/C22H23NO3S/c24-14-16-9-11-18(12-10-16)22(26)21(17-6-2-1-3-7-17)19(25)15-27-20-8-4-5-13-23-20/h1-13,19,21-22,24-26H,14-15H2. The summed E-state index contributed by atoms with van der Waals surface area (Å²) in [5, 5.41) is 32.0. The quantitative estimate of drug-likeness (QED) is 0.521. The summed E-state index contributed by atoms with van der Waals surface area (Å²) in [6, 6.07) is 22.4. The lowest BCUT2D eigenvalue weighted by Crippen LogP contribution is -2.27. The van der Waals surface area contributed by atoms with Crippen molar-refractivity contribution in [2.75, 3.05) is 5.75 Å². The van der Waals surface area contributed by atoms with Crippen molar-refractivity contribution in [3.05, 3.63) is 95.7 Å². The van der Waals surface area contributed by atoms with E-state index in [0.717, 1.165) is 16.2 Å². The Hall–Kier alpha value is -2.18. The monoisotopic (exact) mass is 381 g/mol. The lowest BCUT2D eigenvalue weighted by Gasteiger charge is -2.28. The number of aromatic nitrogens is 1. The number of benzene rings is 2. The van der Waals surface area contributed by atoms with Gasteiger partial charge in [0.1, 0.15) is 0 Å². The van der Waals surface area contributed by atoms with Crippen LogP contribution in [0.2, 0.25) is 0 Å². The molecule has 0 aliphatic rings. The second-order valence-electron chi connectivity index (χ2n) is 6.33. The van der Waals surface area contributed by atoms with Gasteiger partial charge in [-0.05, 0) is 28.8 Å². The third-order valence-electron chi connectivity index (χ3n) is 4.48. The van der Waals surface area contributed by atoms with Gasteiger partial charge in [-0.15, -0.1) is 11.8 Å². The first-order chi connectivity index (χ1) is 13.2. The summed E-state index contributed by atoms with van der Waals surface area (Å²) < 4.78 is 0. The van der Waals surface area contributed by atoms with E-state index in [1.807, 2.05) is 48.5 Å². The van der Waals surface area contributed by atoms with Gasteiger partial charge in [-0.2, -0.15) is 0 Å². The number of aliphatic hydroxyl groups excluding tert-OH is 3. The molecule has 0 saturated carbocycles. The molecule has 2 aromatic carbocycles. The van der Waals surface area contributed by atoms with Crippen LogP contribution in [0.5, 0.6) is 0 Å². The fourth-order valence-electron chi connectivity index (χ4n) is 3.02. The number of hydrogen-bond acceptors (Lipinski definition) is 5. The first-order valence-electron chi connectivity index (χ1n) is 8.83. The summed E-state index contributed by atoms with van der Waals surface area (Å²) in [5.74, 6) is -0.0510. The molecule has 0 aliphatic carbocycles. The topological polar surface area (TPSA) is 73.6 Å². The van der Waals surface area contributed by atoms with E-state index >= 15 is 0 Å². The largest absolute Gasteiger partial charge is 0.392 e. The number of rotatable bonds is 8. The molecule has 3 aromatic rings. The zero-order chi connectivity index (χ0) is 19.1. The Morgan fingerprint density at radius 3 is 2.15 bits per heavy atom. The van der Waals surface area contributed by atoms with Gasteiger partial charge in [-0.3, -0.25) is 0 Å². The Labute approximate surface area is 163 Å². The fourth-order valence-corrected chi connectivity index (χ4v) is 3.88. The van der Waals surface area contributed by atoms with E-state index in [4.69, 9.17) is 0 Å². The average Bonchev–Trinajstić information content (AvgIpc) is 2.74. The smallest absolute Gasteiger partial charge is 0.0960 e. The van der Waals surface area contributed by atoms with Crippen molar-refractivity contribution in [1.82, 2.24) is 4.98 Å². The Morgan fingerprint density at radius 1 is 0.815 bits per heavy atom. The lowest BCUT2D eigenvalue weighted by atomic mass is 9.85. The third-order valence-corrected chi connectivity index (χ3v) is 5.53. The molecule has 3 rings (SSSR count). The van der Waals surface area contributed by atoms with Crippen LogP contribution < -0.4 is 0 Å². The predicted molar refractivity (Wildman–Crippen MR) is 107 cm³/mol. The number of pyridine rings is 1. The highest BCUT2D eigenvalue weighted by molar-refractivity contribution is 7.99. The minimum absolute atomic E-state index is 0.0399. The molecule has 0 radical (unpaired) electrons. The molecule has 4 nitrogen and oxygen atoms in total. The molecule has 3 N–H and O–H groups in total. The van der Waals surface area contributed by atoms with Gasteiger partial charge in [0.05, 0.1) is 23.8 Å².